The zero-order valence-electron chi connectivity index (χ0n) is 10.3. The van der Waals surface area contributed by atoms with Crippen molar-refractivity contribution in [1.29, 1.82) is 0 Å². The van der Waals surface area contributed by atoms with E-state index in [0.29, 0.717) is 19.1 Å². The van der Waals surface area contributed by atoms with E-state index < -0.39 is 0 Å². The summed E-state index contributed by atoms with van der Waals surface area (Å²) in [4.78, 5) is 0. The van der Waals surface area contributed by atoms with Gasteiger partial charge in [-0.15, -0.1) is 0 Å². The quantitative estimate of drug-likeness (QED) is 0.630. The zero-order chi connectivity index (χ0) is 11.6. The highest BCUT2D eigenvalue weighted by molar-refractivity contribution is 5.14. The second kappa shape index (κ2) is 8.31. The minimum Gasteiger partial charge on any atom is -0.379 e. The van der Waals surface area contributed by atoms with Gasteiger partial charge in [-0.1, -0.05) is 44.2 Å². The number of hydrogen-bond donors (Lipinski definition) is 0. The maximum atomic E-state index is 5.49. The molecule has 1 rings (SSSR count). The first kappa shape index (κ1) is 13.2. The van der Waals surface area contributed by atoms with Crippen LogP contribution in [0.5, 0.6) is 0 Å². The first-order valence-electron chi connectivity index (χ1n) is 5.98. The number of rotatable bonds is 8. The van der Waals surface area contributed by atoms with Gasteiger partial charge in [-0.2, -0.15) is 0 Å². The lowest BCUT2D eigenvalue weighted by molar-refractivity contribution is 0.0388. The fraction of sp³-hybridized carbons (Fsp3) is 0.571. The van der Waals surface area contributed by atoms with Crippen molar-refractivity contribution in [2.24, 2.45) is 5.92 Å². The van der Waals surface area contributed by atoms with Crippen LogP contribution in [-0.2, 0) is 15.9 Å². The highest BCUT2D eigenvalue weighted by atomic mass is 16.5. The molecule has 0 unspecified atom stereocenters. The molecule has 0 aromatic heterocycles. The number of benzene rings is 1. The van der Waals surface area contributed by atoms with Crippen LogP contribution >= 0.6 is 0 Å². The number of hydrogen-bond acceptors (Lipinski definition) is 2. The molecule has 0 aliphatic heterocycles. The van der Waals surface area contributed by atoms with E-state index in [4.69, 9.17) is 9.47 Å². The Hall–Kier alpha value is -0.860. The van der Waals surface area contributed by atoms with Crippen molar-refractivity contribution in [2.75, 3.05) is 26.4 Å². The van der Waals surface area contributed by atoms with Gasteiger partial charge in [-0.05, 0) is 17.9 Å². The van der Waals surface area contributed by atoms with Gasteiger partial charge in [0.25, 0.3) is 0 Å². The maximum Gasteiger partial charge on any atom is 0.0700 e. The third-order valence-electron chi connectivity index (χ3n) is 2.20. The highest BCUT2D eigenvalue weighted by Crippen LogP contribution is 1.99. The van der Waals surface area contributed by atoms with Crippen LogP contribution < -0.4 is 0 Å². The smallest absolute Gasteiger partial charge is 0.0700 e. The maximum absolute atomic E-state index is 5.49. The molecule has 0 N–H and O–H groups in total. The minimum absolute atomic E-state index is 0.601. The SMILES string of the molecule is CC(C)COCCOCCc1ccccc1. The van der Waals surface area contributed by atoms with Crippen LogP contribution in [0.2, 0.25) is 0 Å². The lowest BCUT2D eigenvalue weighted by atomic mass is 10.2. The van der Waals surface area contributed by atoms with Gasteiger partial charge < -0.3 is 9.47 Å². The van der Waals surface area contributed by atoms with Gasteiger partial charge in [-0.3, -0.25) is 0 Å². The lowest BCUT2D eigenvalue weighted by Gasteiger charge is -2.07. The molecule has 0 atom stereocenters. The van der Waals surface area contributed by atoms with E-state index in [2.05, 4.69) is 38.1 Å². The Morgan fingerprint density at radius 2 is 1.62 bits per heavy atom. The van der Waals surface area contributed by atoms with Gasteiger partial charge in [0.2, 0.25) is 0 Å². The van der Waals surface area contributed by atoms with E-state index in [1.165, 1.54) is 5.56 Å². The summed E-state index contributed by atoms with van der Waals surface area (Å²) < 4.78 is 10.9. The molecule has 0 amide bonds. The average molecular weight is 222 g/mol. The van der Waals surface area contributed by atoms with Crippen LogP contribution in [0.1, 0.15) is 19.4 Å². The van der Waals surface area contributed by atoms with Crippen LogP contribution in [0, 0.1) is 5.92 Å². The molecule has 2 nitrogen and oxygen atoms in total. The Morgan fingerprint density at radius 3 is 2.31 bits per heavy atom. The summed E-state index contributed by atoms with van der Waals surface area (Å²) in [6.07, 6.45) is 0.977. The summed E-state index contributed by atoms with van der Waals surface area (Å²) in [5.74, 6) is 0.601. The molecule has 0 bridgehead atoms. The largest absolute Gasteiger partial charge is 0.379 e. The van der Waals surface area contributed by atoms with Crippen LogP contribution in [0.25, 0.3) is 0 Å². The van der Waals surface area contributed by atoms with Crippen LogP contribution in [0.4, 0.5) is 0 Å². The van der Waals surface area contributed by atoms with Crippen LogP contribution in [-0.4, -0.2) is 26.4 Å². The predicted octanol–water partition coefficient (Wildman–Crippen LogP) is 2.92. The van der Waals surface area contributed by atoms with Crippen molar-refractivity contribution in [3.63, 3.8) is 0 Å². The van der Waals surface area contributed by atoms with Crippen molar-refractivity contribution in [1.82, 2.24) is 0 Å². The van der Waals surface area contributed by atoms with E-state index in [1.54, 1.807) is 0 Å². The molecule has 0 aliphatic rings. The molecular formula is C14H22O2. The molecule has 0 aliphatic carbocycles. The molecule has 1 aromatic rings. The minimum atomic E-state index is 0.601. The van der Waals surface area contributed by atoms with Crippen LogP contribution in [0.15, 0.2) is 30.3 Å². The molecule has 0 radical (unpaired) electrons. The summed E-state index contributed by atoms with van der Waals surface area (Å²) >= 11 is 0. The van der Waals surface area contributed by atoms with E-state index in [0.717, 1.165) is 19.6 Å². The van der Waals surface area contributed by atoms with Crippen LogP contribution in [0.3, 0.4) is 0 Å². The monoisotopic (exact) mass is 222 g/mol. The van der Waals surface area contributed by atoms with Crippen molar-refractivity contribution >= 4 is 0 Å². The van der Waals surface area contributed by atoms with Gasteiger partial charge >= 0.3 is 0 Å². The van der Waals surface area contributed by atoms with Gasteiger partial charge in [0.15, 0.2) is 0 Å². The fourth-order valence-electron chi connectivity index (χ4n) is 1.37. The van der Waals surface area contributed by atoms with Gasteiger partial charge in [-0.25, -0.2) is 0 Å². The zero-order valence-corrected chi connectivity index (χ0v) is 10.3. The molecule has 0 spiro atoms. The van der Waals surface area contributed by atoms with E-state index in [9.17, 15) is 0 Å². The second-order valence-electron chi connectivity index (χ2n) is 4.32. The highest BCUT2D eigenvalue weighted by Gasteiger charge is 1.94. The molecule has 16 heavy (non-hydrogen) atoms. The topological polar surface area (TPSA) is 18.5 Å². The Balaban J connectivity index is 1.93. The summed E-state index contributed by atoms with van der Waals surface area (Å²) in [5, 5.41) is 0. The molecular weight excluding hydrogens is 200 g/mol. The summed E-state index contributed by atoms with van der Waals surface area (Å²) in [6.45, 7) is 7.29. The Labute approximate surface area is 98.6 Å². The Kier molecular flexibility index (Phi) is 6.86. The lowest BCUT2D eigenvalue weighted by Crippen LogP contribution is -2.09. The van der Waals surface area contributed by atoms with Gasteiger partial charge in [0.05, 0.1) is 19.8 Å². The van der Waals surface area contributed by atoms with Crippen molar-refractivity contribution < 1.29 is 9.47 Å². The average Bonchev–Trinajstić information content (AvgIpc) is 2.29. The standard InChI is InChI=1S/C14H22O2/c1-13(2)12-16-11-10-15-9-8-14-6-4-3-5-7-14/h3-7,13H,8-12H2,1-2H3. The Morgan fingerprint density at radius 1 is 0.938 bits per heavy atom. The molecule has 0 fully saturated rings. The van der Waals surface area contributed by atoms with E-state index in [-0.39, 0.29) is 0 Å². The molecule has 0 heterocycles. The normalized spacial score (nSPS) is 10.9. The second-order valence-corrected chi connectivity index (χ2v) is 4.32. The molecule has 2 heteroatoms. The third-order valence-corrected chi connectivity index (χ3v) is 2.20. The molecule has 90 valence electrons. The summed E-state index contributed by atoms with van der Waals surface area (Å²) in [6, 6.07) is 10.4. The Bertz CT molecular complexity index is 257. The van der Waals surface area contributed by atoms with Crippen molar-refractivity contribution in [3.8, 4) is 0 Å². The van der Waals surface area contributed by atoms with Gasteiger partial charge in [0, 0.05) is 6.61 Å². The van der Waals surface area contributed by atoms with Gasteiger partial charge in [0.1, 0.15) is 0 Å². The van der Waals surface area contributed by atoms with E-state index >= 15 is 0 Å². The summed E-state index contributed by atoms with van der Waals surface area (Å²) in [5.41, 5.74) is 1.32. The van der Waals surface area contributed by atoms with Crippen molar-refractivity contribution in [3.05, 3.63) is 35.9 Å². The third kappa shape index (κ3) is 6.59. The molecule has 1 aromatic carbocycles. The molecule has 0 saturated carbocycles. The predicted molar refractivity (Wildman–Crippen MR) is 66.6 cm³/mol. The van der Waals surface area contributed by atoms with Crippen molar-refractivity contribution in [2.45, 2.75) is 20.3 Å². The fourth-order valence-corrected chi connectivity index (χ4v) is 1.37. The molecule has 0 saturated heterocycles. The van der Waals surface area contributed by atoms with E-state index in [1.807, 2.05) is 6.07 Å². The number of ether oxygens (including phenoxy) is 2. The first-order chi connectivity index (χ1) is 7.79. The summed E-state index contributed by atoms with van der Waals surface area (Å²) in [7, 11) is 0. The first-order valence-corrected chi connectivity index (χ1v) is 5.98.